The zero-order valence-corrected chi connectivity index (χ0v) is 21.7. The summed E-state index contributed by atoms with van der Waals surface area (Å²) in [5.74, 6) is -0.421. The quantitative estimate of drug-likeness (QED) is 0.311. The number of ether oxygens (including phenoxy) is 3. The van der Waals surface area contributed by atoms with Crippen molar-refractivity contribution >= 4 is 17.7 Å². The summed E-state index contributed by atoms with van der Waals surface area (Å²) in [7, 11) is 2.03. The van der Waals surface area contributed by atoms with Gasteiger partial charge in [0.25, 0.3) is 0 Å². The first-order valence-corrected chi connectivity index (χ1v) is 12.4. The van der Waals surface area contributed by atoms with Gasteiger partial charge in [0.05, 0.1) is 25.4 Å². The van der Waals surface area contributed by atoms with E-state index in [1.807, 2.05) is 49.5 Å². The third kappa shape index (κ3) is 8.13. The summed E-state index contributed by atoms with van der Waals surface area (Å²) < 4.78 is 17.7. The number of hydrogen-bond donors (Lipinski definition) is 3. The number of nitrogens with one attached hydrogen (secondary N) is 2. The number of urea groups is 1. The lowest BCUT2D eigenvalue weighted by molar-refractivity contribution is -0.275. The van der Waals surface area contributed by atoms with Crippen LogP contribution >= 0.6 is 0 Å². The molecule has 4 unspecified atom stereocenters. The second-order valence-corrected chi connectivity index (χ2v) is 9.07. The van der Waals surface area contributed by atoms with E-state index < -0.39 is 18.3 Å². The van der Waals surface area contributed by atoms with Gasteiger partial charge in [-0.3, -0.25) is 4.79 Å². The molecular weight excluding hydrogens is 474 g/mol. The van der Waals surface area contributed by atoms with Crippen LogP contribution in [-0.4, -0.2) is 61.4 Å². The Hall–Kier alpha value is -3.24. The first-order chi connectivity index (χ1) is 17.8. The molecule has 1 aliphatic rings. The number of esters is 1. The van der Waals surface area contributed by atoms with Gasteiger partial charge in [0, 0.05) is 30.3 Å². The Morgan fingerprint density at radius 2 is 1.78 bits per heavy atom. The molecule has 0 aliphatic carbocycles. The van der Waals surface area contributed by atoms with Gasteiger partial charge in [-0.25, -0.2) is 4.79 Å². The van der Waals surface area contributed by atoms with E-state index in [1.165, 1.54) is 0 Å². The SMILES string of the molecule is C=CCN(C)CC1OC(c2ccc(NC(=O)NCC(=O)OCC)cc2)OC(c2ccc(CO)cc2)C1C. The average molecular weight is 512 g/mol. The number of aliphatic hydroxyl groups is 1. The monoisotopic (exact) mass is 511 g/mol. The van der Waals surface area contributed by atoms with Crippen molar-refractivity contribution in [2.75, 3.05) is 38.6 Å². The molecule has 1 heterocycles. The molecule has 37 heavy (non-hydrogen) atoms. The maximum Gasteiger partial charge on any atom is 0.325 e. The molecule has 1 saturated heterocycles. The molecule has 0 aromatic heterocycles. The first-order valence-electron chi connectivity index (χ1n) is 12.4. The van der Waals surface area contributed by atoms with Gasteiger partial charge in [-0.2, -0.15) is 0 Å². The molecule has 1 fully saturated rings. The largest absolute Gasteiger partial charge is 0.465 e. The number of benzene rings is 2. The minimum Gasteiger partial charge on any atom is -0.465 e. The van der Waals surface area contributed by atoms with E-state index in [4.69, 9.17) is 14.2 Å². The number of aliphatic hydroxyl groups excluding tert-OH is 1. The van der Waals surface area contributed by atoms with Crippen LogP contribution in [0, 0.1) is 5.92 Å². The molecule has 0 radical (unpaired) electrons. The predicted molar refractivity (Wildman–Crippen MR) is 141 cm³/mol. The Balaban J connectivity index is 1.73. The van der Waals surface area contributed by atoms with Crippen LogP contribution < -0.4 is 10.6 Å². The maximum absolute atomic E-state index is 12.1. The summed E-state index contributed by atoms with van der Waals surface area (Å²) >= 11 is 0. The lowest BCUT2D eigenvalue weighted by Gasteiger charge is -2.42. The number of rotatable bonds is 11. The summed E-state index contributed by atoms with van der Waals surface area (Å²) in [6, 6.07) is 14.5. The molecular formula is C28H37N3O6. The van der Waals surface area contributed by atoms with Crippen molar-refractivity contribution in [1.82, 2.24) is 10.2 Å². The highest BCUT2D eigenvalue weighted by Crippen LogP contribution is 2.41. The number of amides is 2. The molecule has 0 saturated carbocycles. The van der Waals surface area contributed by atoms with E-state index in [2.05, 4.69) is 29.0 Å². The molecule has 2 aromatic rings. The van der Waals surface area contributed by atoms with Crippen LogP contribution in [0.1, 0.15) is 42.9 Å². The number of nitrogens with zero attached hydrogens (tertiary/aromatic N) is 1. The Morgan fingerprint density at radius 1 is 1.11 bits per heavy atom. The minimum atomic E-state index is -0.604. The molecule has 9 heteroatoms. The normalized spacial score (nSPS) is 21.3. The zero-order chi connectivity index (χ0) is 26.8. The van der Waals surface area contributed by atoms with E-state index in [1.54, 1.807) is 19.1 Å². The topological polar surface area (TPSA) is 109 Å². The van der Waals surface area contributed by atoms with Gasteiger partial charge >= 0.3 is 12.0 Å². The number of likely N-dealkylation sites (N-methyl/N-ethyl adjacent to an activating group) is 1. The molecule has 9 nitrogen and oxygen atoms in total. The molecule has 3 N–H and O–H groups in total. The average Bonchev–Trinajstić information content (AvgIpc) is 2.89. The second-order valence-electron chi connectivity index (χ2n) is 9.07. The Morgan fingerprint density at radius 3 is 2.41 bits per heavy atom. The second kappa shape index (κ2) is 13.9. The van der Waals surface area contributed by atoms with Gasteiger partial charge in [-0.15, -0.1) is 6.58 Å². The highest BCUT2D eigenvalue weighted by atomic mass is 16.7. The van der Waals surface area contributed by atoms with Gasteiger partial charge in [-0.1, -0.05) is 49.4 Å². The number of anilines is 1. The Labute approximate surface area is 218 Å². The highest BCUT2D eigenvalue weighted by Gasteiger charge is 2.38. The fourth-order valence-electron chi connectivity index (χ4n) is 4.19. The molecule has 0 bridgehead atoms. The van der Waals surface area contributed by atoms with Gasteiger partial charge in [0.15, 0.2) is 6.29 Å². The fourth-order valence-corrected chi connectivity index (χ4v) is 4.19. The number of carbonyl (C=O) groups excluding carboxylic acids is 2. The van der Waals surface area contributed by atoms with Gasteiger partial charge in [-0.05, 0) is 37.2 Å². The minimum absolute atomic E-state index is 0.0106. The van der Waals surface area contributed by atoms with Crippen LogP contribution in [0.15, 0.2) is 61.2 Å². The van der Waals surface area contributed by atoms with Gasteiger partial charge < -0.3 is 34.9 Å². The maximum atomic E-state index is 12.1. The number of carbonyl (C=O) groups is 2. The Kier molecular flexibility index (Phi) is 10.6. The Bertz CT molecular complexity index is 1030. The summed E-state index contributed by atoms with van der Waals surface area (Å²) in [5.41, 5.74) is 3.24. The third-order valence-electron chi connectivity index (χ3n) is 6.20. The van der Waals surface area contributed by atoms with Crippen LogP contribution in [0.5, 0.6) is 0 Å². The molecule has 4 atom stereocenters. The van der Waals surface area contributed by atoms with E-state index in [0.29, 0.717) is 12.2 Å². The van der Waals surface area contributed by atoms with Gasteiger partial charge in [0.2, 0.25) is 0 Å². The van der Waals surface area contributed by atoms with E-state index >= 15 is 0 Å². The van der Waals surface area contributed by atoms with E-state index in [0.717, 1.165) is 23.2 Å². The van der Waals surface area contributed by atoms with Crippen molar-refractivity contribution in [1.29, 1.82) is 0 Å². The van der Waals surface area contributed by atoms with Crippen molar-refractivity contribution in [2.24, 2.45) is 5.92 Å². The number of hydrogen-bond acceptors (Lipinski definition) is 7. The standard InChI is InChI=1S/C28H37N3O6/c1-5-15-31(4)17-24-19(3)26(21-9-7-20(18-32)8-10-21)37-27(36-24)22-11-13-23(14-12-22)30-28(34)29-16-25(33)35-6-2/h5,7-14,19,24,26-27,32H,1,6,15-18H2,2-4H3,(H2,29,30,34). The van der Waals surface area contributed by atoms with Crippen molar-refractivity contribution in [3.8, 4) is 0 Å². The van der Waals surface area contributed by atoms with Crippen molar-refractivity contribution in [3.63, 3.8) is 0 Å². The summed E-state index contributed by atoms with van der Waals surface area (Å²) in [6.45, 7) is 9.14. The molecule has 200 valence electrons. The lowest BCUT2D eigenvalue weighted by Crippen LogP contribution is -2.43. The van der Waals surface area contributed by atoms with Crippen LogP contribution in [0.3, 0.4) is 0 Å². The summed E-state index contributed by atoms with van der Waals surface area (Å²) in [4.78, 5) is 25.7. The van der Waals surface area contributed by atoms with Crippen LogP contribution in [0.4, 0.5) is 10.5 Å². The van der Waals surface area contributed by atoms with Gasteiger partial charge in [0.1, 0.15) is 6.54 Å². The predicted octanol–water partition coefficient (Wildman–Crippen LogP) is 3.77. The highest BCUT2D eigenvalue weighted by molar-refractivity contribution is 5.91. The van der Waals surface area contributed by atoms with Crippen LogP contribution in [0.2, 0.25) is 0 Å². The summed E-state index contributed by atoms with van der Waals surface area (Å²) in [5, 5.41) is 14.6. The molecule has 2 aromatic carbocycles. The van der Waals surface area contributed by atoms with Crippen LogP contribution in [0.25, 0.3) is 0 Å². The van der Waals surface area contributed by atoms with Crippen molar-refractivity contribution in [2.45, 2.75) is 39.0 Å². The van der Waals surface area contributed by atoms with E-state index in [-0.39, 0.29) is 37.9 Å². The fraction of sp³-hybridized carbons (Fsp3) is 0.429. The molecule has 1 aliphatic heterocycles. The first kappa shape index (κ1) is 28.3. The summed E-state index contributed by atoms with van der Waals surface area (Å²) in [6.07, 6.45) is 0.951. The molecule has 2 amide bonds. The third-order valence-corrected chi connectivity index (χ3v) is 6.20. The smallest absolute Gasteiger partial charge is 0.325 e. The van der Waals surface area contributed by atoms with Crippen molar-refractivity contribution < 1.29 is 28.9 Å². The van der Waals surface area contributed by atoms with Crippen molar-refractivity contribution in [3.05, 3.63) is 77.9 Å². The molecule has 3 rings (SSSR count). The van der Waals surface area contributed by atoms with E-state index in [9.17, 15) is 14.7 Å². The molecule has 0 spiro atoms. The zero-order valence-electron chi connectivity index (χ0n) is 21.7. The lowest BCUT2D eigenvalue weighted by atomic mass is 9.90. The van der Waals surface area contributed by atoms with Crippen LogP contribution in [-0.2, 0) is 25.6 Å².